The van der Waals surface area contributed by atoms with E-state index in [2.05, 4.69) is 26.8 Å². The molecule has 0 spiro atoms. The fourth-order valence-corrected chi connectivity index (χ4v) is 3.68. The van der Waals surface area contributed by atoms with Crippen molar-refractivity contribution in [2.24, 2.45) is 15.7 Å². The van der Waals surface area contributed by atoms with Gasteiger partial charge < -0.3 is 20.3 Å². The van der Waals surface area contributed by atoms with Gasteiger partial charge in [-0.2, -0.15) is 4.99 Å². The normalized spacial score (nSPS) is 27.0. The van der Waals surface area contributed by atoms with Crippen molar-refractivity contribution in [3.8, 4) is 5.75 Å². The number of rotatable bonds is 0. The number of ether oxygens (including phenoxy) is 1. The fraction of sp³-hybridized carbons (Fsp3) is 0.467. The molecule has 3 heterocycles. The first-order valence-electron chi connectivity index (χ1n) is 7.54. The molecule has 0 amide bonds. The fourth-order valence-electron chi connectivity index (χ4n) is 3.24. The van der Waals surface area contributed by atoms with Crippen LogP contribution in [0.2, 0.25) is 10.0 Å². The SMILES string of the molecule is CN1CCN(C2=NC(N)=NC3c4c(ccc(Cl)c4Cl)OC23)CC1. The molecule has 8 heteroatoms. The van der Waals surface area contributed by atoms with Crippen molar-refractivity contribution >= 4 is 35.0 Å². The lowest BCUT2D eigenvalue weighted by atomic mass is 10.0. The predicted molar refractivity (Wildman–Crippen MR) is 91.7 cm³/mol. The number of guanidine groups is 1. The zero-order valence-corrected chi connectivity index (χ0v) is 14.2. The van der Waals surface area contributed by atoms with E-state index in [0.29, 0.717) is 15.8 Å². The van der Waals surface area contributed by atoms with E-state index in [4.69, 9.17) is 33.7 Å². The monoisotopic (exact) mass is 353 g/mol. The smallest absolute Gasteiger partial charge is 0.217 e. The van der Waals surface area contributed by atoms with Crippen molar-refractivity contribution in [2.45, 2.75) is 12.1 Å². The van der Waals surface area contributed by atoms with Crippen LogP contribution in [0, 0.1) is 0 Å². The number of nitrogens with two attached hydrogens (primary N) is 1. The minimum Gasteiger partial charge on any atom is -0.479 e. The van der Waals surface area contributed by atoms with Gasteiger partial charge in [0, 0.05) is 31.7 Å². The second-order valence-electron chi connectivity index (χ2n) is 6.00. The molecule has 122 valence electrons. The van der Waals surface area contributed by atoms with Gasteiger partial charge in [0.15, 0.2) is 11.9 Å². The third-order valence-corrected chi connectivity index (χ3v) is 5.33. The number of hydrogen-bond donors (Lipinski definition) is 1. The molecule has 2 atom stereocenters. The summed E-state index contributed by atoms with van der Waals surface area (Å²) in [5, 5.41) is 0.972. The van der Waals surface area contributed by atoms with Gasteiger partial charge >= 0.3 is 0 Å². The van der Waals surface area contributed by atoms with Crippen LogP contribution in [0.15, 0.2) is 22.1 Å². The van der Waals surface area contributed by atoms with E-state index in [1.807, 2.05) is 6.07 Å². The van der Waals surface area contributed by atoms with Crippen LogP contribution in [0.25, 0.3) is 0 Å². The van der Waals surface area contributed by atoms with Gasteiger partial charge in [-0.05, 0) is 19.2 Å². The van der Waals surface area contributed by atoms with Crippen LogP contribution < -0.4 is 10.5 Å². The molecular weight excluding hydrogens is 337 g/mol. The van der Waals surface area contributed by atoms with Crippen LogP contribution in [0.3, 0.4) is 0 Å². The molecule has 1 aromatic rings. The van der Waals surface area contributed by atoms with Crippen molar-refractivity contribution in [3.05, 3.63) is 27.7 Å². The summed E-state index contributed by atoms with van der Waals surface area (Å²) in [5.74, 6) is 1.79. The Morgan fingerprint density at radius 1 is 1.22 bits per heavy atom. The summed E-state index contributed by atoms with van der Waals surface area (Å²) in [6.07, 6.45) is -0.295. The number of fused-ring (bicyclic) bond motifs is 3. The summed E-state index contributed by atoms with van der Waals surface area (Å²) in [4.78, 5) is 13.4. The average molecular weight is 354 g/mol. The number of nitrogens with zero attached hydrogens (tertiary/aromatic N) is 4. The number of benzene rings is 1. The highest BCUT2D eigenvalue weighted by molar-refractivity contribution is 6.42. The first kappa shape index (κ1) is 15.1. The average Bonchev–Trinajstić information content (AvgIpc) is 2.90. The summed E-state index contributed by atoms with van der Waals surface area (Å²) < 4.78 is 6.10. The maximum absolute atomic E-state index is 6.38. The number of aliphatic imine (C=N–C) groups is 2. The van der Waals surface area contributed by atoms with Gasteiger partial charge in [-0.25, -0.2) is 4.99 Å². The van der Waals surface area contributed by atoms with Gasteiger partial charge in [-0.15, -0.1) is 0 Å². The standard InChI is InChI=1S/C15H17Cl2N5O/c1-21-4-6-22(7-5-21)14-13-12(19-15(18)20-14)10-9(23-13)3-2-8(16)11(10)17/h2-3,12-13H,4-7H2,1H3,(H2,18,19). The van der Waals surface area contributed by atoms with Crippen molar-refractivity contribution in [3.63, 3.8) is 0 Å². The molecule has 2 N–H and O–H groups in total. The third kappa shape index (κ3) is 2.45. The minimum atomic E-state index is -0.295. The number of hydrogen-bond acceptors (Lipinski definition) is 6. The second-order valence-corrected chi connectivity index (χ2v) is 6.79. The zero-order chi connectivity index (χ0) is 16.1. The lowest BCUT2D eigenvalue weighted by molar-refractivity contribution is 0.189. The van der Waals surface area contributed by atoms with E-state index >= 15 is 0 Å². The van der Waals surface area contributed by atoms with Gasteiger partial charge in [0.2, 0.25) is 5.96 Å². The molecule has 3 aliphatic heterocycles. The molecule has 6 nitrogen and oxygen atoms in total. The van der Waals surface area contributed by atoms with Gasteiger partial charge in [-0.3, -0.25) is 0 Å². The molecule has 0 aliphatic carbocycles. The largest absolute Gasteiger partial charge is 0.479 e. The van der Waals surface area contributed by atoms with Crippen LogP contribution in [-0.4, -0.2) is 60.9 Å². The number of amidine groups is 1. The first-order valence-corrected chi connectivity index (χ1v) is 8.30. The molecule has 0 saturated carbocycles. The molecule has 23 heavy (non-hydrogen) atoms. The molecule has 3 aliphatic rings. The van der Waals surface area contributed by atoms with Crippen molar-refractivity contribution in [1.82, 2.24) is 9.80 Å². The quantitative estimate of drug-likeness (QED) is 0.771. The lowest BCUT2D eigenvalue weighted by Gasteiger charge is -2.37. The van der Waals surface area contributed by atoms with Gasteiger partial charge in [0.25, 0.3) is 0 Å². The Hall–Kier alpha value is -1.50. The molecule has 0 aromatic heterocycles. The van der Waals surface area contributed by atoms with Crippen molar-refractivity contribution in [2.75, 3.05) is 33.2 Å². The highest BCUT2D eigenvalue weighted by Crippen LogP contribution is 2.47. The van der Waals surface area contributed by atoms with Gasteiger partial charge in [0.1, 0.15) is 11.8 Å². The van der Waals surface area contributed by atoms with E-state index in [1.54, 1.807) is 6.07 Å². The highest BCUT2D eigenvalue weighted by atomic mass is 35.5. The van der Waals surface area contributed by atoms with Crippen LogP contribution >= 0.6 is 23.2 Å². The molecular formula is C15H17Cl2N5O. The highest BCUT2D eigenvalue weighted by Gasteiger charge is 2.44. The lowest BCUT2D eigenvalue weighted by Crippen LogP contribution is -2.53. The summed E-state index contributed by atoms with van der Waals surface area (Å²) in [6.45, 7) is 3.74. The van der Waals surface area contributed by atoms with E-state index in [9.17, 15) is 0 Å². The maximum Gasteiger partial charge on any atom is 0.217 e. The number of likely N-dealkylation sites (N-methyl/N-ethyl adjacent to an activating group) is 1. The molecule has 4 rings (SSSR count). The van der Waals surface area contributed by atoms with E-state index in [0.717, 1.165) is 37.6 Å². The van der Waals surface area contributed by atoms with Crippen LogP contribution in [0.1, 0.15) is 11.6 Å². The molecule has 0 radical (unpaired) electrons. The van der Waals surface area contributed by atoms with Crippen LogP contribution in [0.4, 0.5) is 0 Å². The van der Waals surface area contributed by atoms with Crippen LogP contribution in [-0.2, 0) is 0 Å². The minimum absolute atomic E-state index is 0.257. The summed E-state index contributed by atoms with van der Waals surface area (Å²) in [5.41, 5.74) is 6.75. The maximum atomic E-state index is 6.38. The van der Waals surface area contributed by atoms with Gasteiger partial charge in [0.05, 0.1) is 10.0 Å². The molecule has 2 unspecified atom stereocenters. The Kier molecular flexibility index (Phi) is 3.63. The molecule has 0 bridgehead atoms. The second kappa shape index (κ2) is 5.54. The van der Waals surface area contributed by atoms with Gasteiger partial charge in [-0.1, -0.05) is 23.2 Å². The Morgan fingerprint density at radius 2 is 1.96 bits per heavy atom. The summed E-state index contributed by atoms with van der Waals surface area (Å²) in [6, 6.07) is 3.28. The molecule has 1 saturated heterocycles. The van der Waals surface area contributed by atoms with E-state index in [-0.39, 0.29) is 18.1 Å². The van der Waals surface area contributed by atoms with Crippen molar-refractivity contribution in [1.29, 1.82) is 0 Å². The number of piperazine rings is 1. The first-order chi connectivity index (χ1) is 11.0. The van der Waals surface area contributed by atoms with E-state index < -0.39 is 0 Å². The van der Waals surface area contributed by atoms with Crippen molar-refractivity contribution < 1.29 is 4.74 Å². The molecule has 1 aromatic carbocycles. The zero-order valence-electron chi connectivity index (χ0n) is 12.7. The number of halogens is 2. The topological polar surface area (TPSA) is 66.5 Å². The summed E-state index contributed by atoms with van der Waals surface area (Å²) >= 11 is 12.5. The van der Waals surface area contributed by atoms with E-state index in [1.165, 1.54) is 0 Å². The molecule has 1 fully saturated rings. The third-order valence-electron chi connectivity index (χ3n) is 4.51. The Bertz CT molecular complexity index is 712. The Labute approximate surface area is 144 Å². The summed E-state index contributed by atoms with van der Waals surface area (Å²) in [7, 11) is 2.11. The Balaban J connectivity index is 1.70. The van der Waals surface area contributed by atoms with Crippen LogP contribution in [0.5, 0.6) is 5.75 Å². The Morgan fingerprint density at radius 3 is 2.70 bits per heavy atom. The predicted octanol–water partition coefficient (Wildman–Crippen LogP) is 1.77.